The molecule has 2 aromatic rings. The van der Waals surface area contributed by atoms with Crippen molar-refractivity contribution in [1.29, 1.82) is 0 Å². The van der Waals surface area contributed by atoms with Crippen molar-refractivity contribution in [3.8, 4) is 11.4 Å². The second-order valence-corrected chi connectivity index (χ2v) is 3.56. The molecule has 1 aromatic heterocycles. The lowest BCUT2D eigenvalue weighted by Gasteiger charge is -2.10. The molecule has 3 nitrogen and oxygen atoms in total. The summed E-state index contributed by atoms with van der Waals surface area (Å²) in [6.07, 6.45) is 6.59. The molecule has 1 radical (unpaired) electrons. The molecule has 15 heavy (non-hydrogen) atoms. The quantitative estimate of drug-likeness (QED) is 0.762. The molecule has 0 aliphatic heterocycles. The van der Waals surface area contributed by atoms with Crippen LogP contribution in [-0.2, 0) is 0 Å². The molecular weight excluding hydrogens is 188 g/mol. The average Bonchev–Trinajstić information content (AvgIpc) is 2.69. The Morgan fingerprint density at radius 2 is 2.27 bits per heavy atom. The molecule has 0 spiro atoms. The molecule has 0 saturated carbocycles. The Morgan fingerprint density at radius 1 is 1.40 bits per heavy atom. The summed E-state index contributed by atoms with van der Waals surface area (Å²) in [6, 6.07) is 7.87. The molecule has 1 aromatic carbocycles. The number of nitrogens with zero attached hydrogens (tertiary/aromatic N) is 2. The highest BCUT2D eigenvalue weighted by Gasteiger charge is 2.00. The fourth-order valence-electron chi connectivity index (χ4n) is 1.35. The van der Waals surface area contributed by atoms with Gasteiger partial charge in [0.1, 0.15) is 5.75 Å². The van der Waals surface area contributed by atoms with Gasteiger partial charge >= 0.3 is 0 Å². The molecule has 0 aliphatic carbocycles. The average molecular weight is 201 g/mol. The molecule has 0 aliphatic rings. The zero-order valence-corrected chi connectivity index (χ0v) is 8.84. The van der Waals surface area contributed by atoms with Gasteiger partial charge in [-0.25, -0.2) is 4.98 Å². The molecule has 0 fully saturated rings. The van der Waals surface area contributed by atoms with Crippen LogP contribution in [0.25, 0.3) is 5.69 Å². The van der Waals surface area contributed by atoms with Crippen molar-refractivity contribution >= 4 is 0 Å². The van der Waals surface area contributed by atoms with Crippen LogP contribution in [0.1, 0.15) is 13.8 Å². The Labute approximate surface area is 89.3 Å². The van der Waals surface area contributed by atoms with Crippen molar-refractivity contribution in [3.05, 3.63) is 43.0 Å². The highest BCUT2D eigenvalue weighted by Crippen LogP contribution is 2.17. The van der Waals surface area contributed by atoms with Crippen LogP contribution in [0, 0.1) is 6.33 Å². The third kappa shape index (κ3) is 2.37. The van der Waals surface area contributed by atoms with Gasteiger partial charge in [0, 0.05) is 18.5 Å². The molecule has 0 bridgehead atoms. The zero-order chi connectivity index (χ0) is 10.7. The van der Waals surface area contributed by atoms with E-state index in [0.717, 1.165) is 11.4 Å². The van der Waals surface area contributed by atoms with Crippen molar-refractivity contribution in [1.82, 2.24) is 9.55 Å². The Kier molecular flexibility index (Phi) is 2.72. The summed E-state index contributed by atoms with van der Waals surface area (Å²) < 4.78 is 7.43. The minimum absolute atomic E-state index is 0.187. The number of aromatic nitrogens is 2. The minimum Gasteiger partial charge on any atom is -0.491 e. The van der Waals surface area contributed by atoms with E-state index in [9.17, 15) is 0 Å². The van der Waals surface area contributed by atoms with Crippen LogP contribution in [0.4, 0.5) is 0 Å². The van der Waals surface area contributed by atoms with Gasteiger partial charge < -0.3 is 4.74 Å². The first-order chi connectivity index (χ1) is 7.25. The number of ether oxygens (including phenoxy) is 1. The highest BCUT2D eigenvalue weighted by atomic mass is 16.5. The van der Waals surface area contributed by atoms with Crippen LogP contribution in [0.3, 0.4) is 0 Å². The third-order valence-electron chi connectivity index (χ3n) is 1.92. The van der Waals surface area contributed by atoms with Crippen molar-refractivity contribution in [2.75, 3.05) is 0 Å². The van der Waals surface area contributed by atoms with Crippen LogP contribution in [0.2, 0.25) is 0 Å². The number of hydrogen-bond donors (Lipinski definition) is 0. The summed E-state index contributed by atoms with van der Waals surface area (Å²) in [7, 11) is 0. The largest absolute Gasteiger partial charge is 0.491 e. The van der Waals surface area contributed by atoms with E-state index in [4.69, 9.17) is 4.74 Å². The molecule has 2 rings (SSSR count). The van der Waals surface area contributed by atoms with Crippen molar-refractivity contribution in [3.63, 3.8) is 0 Å². The smallest absolute Gasteiger partial charge is 0.181 e. The summed E-state index contributed by atoms with van der Waals surface area (Å²) in [5.74, 6) is 0.865. The van der Waals surface area contributed by atoms with E-state index in [0.29, 0.717) is 0 Å². The predicted molar refractivity (Wildman–Crippen MR) is 58.2 cm³/mol. The maximum absolute atomic E-state index is 5.61. The summed E-state index contributed by atoms with van der Waals surface area (Å²) in [5, 5.41) is 0. The van der Waals surface area contributed by atoms with Gasteiger partial charge in [-0.05, 0) is 26.0 Å². The van der Waals surface area contributed by atoms with Crippen molar-refractivity contribution in [2.24, 2.45) is 0 Å². The van der Waals surface area contributed by atoms with E-state index < -0.39 is 0 Å². The fraction of sp³-hybridized carbons (Fsp3) is 0.250. The van der Waals surface area contributed by atoms with E-state index in [1.807, 2.05) is 48.9 Å². The summed E-state index contributed by atoms with van der Waals surface area (Å²) >= 11 is 0. The van der Waals surface area contributed by atoms with Crippen molar-refractivity contribution < 1.29 is 4.74 Å². The SMILES string of the molecule is CC(C)Oc1cccc(-n2[c]ncc2)c1. The van der Waals surface area contributed by atoms with Gasteiger partial charge in [0.2, 0.25) is 0 Å². The molecule has 0 amide bonds. The highest BCUT2D eigenvalue weighted by molar-refractivity contribution is 5.38. The Morgan fingerprint density at radius 3 is 2.93 bits per heavy atom. The van der Waals surface area contributed by atoms with Gasteiger partial charge in [-0.2, -0.15) is 0 Å². The van der Waals surface area contributed by atoms with Crippen LogP contribution in [0.5, 0.6) is 5.75 Å². The monoisotopic (exact) mass is 201 g/mol. The molecule has 0 N–H and O–H groups in total. The predicted octanol–water partition coefficient (Wildman–Crippen LogP) is 2.46. The van der Waals surface area contributed by atoms with Gasteiger partial charge in [-0.3, -0.25) is 4.57 Å². The Hall–Kier alpha value is -1.77. The lowest BCUT2D eigenvalue weighted by molar-refractivity contribution is 0.242. The van der Waals surface area contributed by atoms with Gasteiger partial charge in [0.15, 0.2) is 6.33 Å². The van der Waals surface area contributed by atoms with Gasteiger partial charge in [-0.1, -0.05) is 6.07 Å². The number of rotatable bonds is 3. The van der Waals surface area contributed by atoms with Crippen LogP contribution >= 0.6 is 0 Å². The zero-order valence-electron chi connectivity index (χ0n) is 8.84. The van der Waals surface area contributed by atoms with Gasteiger partial charge in [0.25, 0.3) is 0 Å². The van der Waals surface area contributed by atoms with E-state index >= 15 is 0 Å². The molecule has 3 heteroatoms. The van der Waals surface area contributed by atoms with Gasteiger partial charge in [-0.15, -0.1) is 0 Å². The first-order valence-electron chi connectivity index (χ1n) is 4.94. The maximum Gasteiger partial charge on any atom is 0.181 e. The number of imidazole rings is 1. The van der Waals surface area contributed by atoms with E-state index in [1.54, 1.807) is 6.20 Å². The van der Waals surface area contributed by atoms with Crippen LogP contribution in [0.15, 0.2) is 36.7 Å². The van der Waals surface area contributed by atoms with Crippen LogP contribution in [-0.4, -0.2) is 15.7 Å². The topological polar surface area (TPSA) is 27.1 Å². The summed E-state index contributed by atoms with van der Waals surface area (Å²) in [5.41, 5.74) is 1.01. The van der Waals surface area contributed by atoms with Crippen LogP contribution < -0.4 is 4.74 Å². The molecular formula is C12H13N2O. The number of hydrogen-bond acceptors (Lipinski definition) is 2. The fourth-order valence-corrected chi connectivity index (χ4v) is 1.35. The maximum atomic E-state index is 5.61. The van der Waals surface area contributed by atoms with E-state index in [2.05, 4.69) is 11.3 Å². The van der Waals surface area contributed by atoms with E-state index in [-0.39, 0.29) is 6.10 Å². The molecule has 77 valence electrons. The lowest BCUT2D eigenvalue weighted by atomic mass is 10.3. The van der Waals surface area contributed by atoms with E-state index in [1.165, 1.54) is 0 Å². The molecule has 1 heterocycles. The Balaban J connectivity index is 2.27. The normalized spacial score (nSPS) is 10.6. The standard InChI is InChI=1S/C12H13N2O/c1-10(2)15-12-5-3-4-11(8-12)14-7-6-13-9-14/h3-8,10H,1-2H3. The Bertz CT molecular complexity index is 421. The molecule has 0 saturated heterocycles. The first kappa shape index (κ1) is 9.77. The summed E-state index contributed by atoms with van der Waals surface area (Å²) in [6.45, 7) is 4.02. The lowest BCUT2D eigenvalue weighted by Crippen LogP contribution is -2.05. The molecule has 0 unspecified atom stereocenters. The third-order valence-corrected chi connectivity index (χ3v) is 1.92. The minimum atomic E-state index is 0.187. The number of benzene rings is 1. The summed E-state index contributed by atoms with van der Waals surface area (Å²) in [4.78, 5) is 3.89. The molecule has 0 atom stereocenters. The second kappa shape index (κ2) is 4.17. The van der Waals surface area contributed by atoms with Crippen molar-refractivity contribution in [2.45, 2.75) is 20.0 Å². The first-order valence-corrected chi connectivity index (χ1v) is 4.94. The second-order valence-electron chi connectivity index (χ2n) is 3.56. The van der Waals surface area contributed by atoms with Gasteiger partial charge in [0.05, 0.1) is 11.8 Å².